The van der Waals surface area contributed by atoms with Crippen LogP contribution in [-0.4, -0.2) is 36.1 Å². The second-order valence-electron chi connectivity index (χ2n) is 8.85. The van der Waals surface area contributed by atoms with Crippen molar-refractivity contribution < 1.29 is 18.4 Å². The molecule has 1 amide bonds. The van der Waals surface area contributed by atoms with Gasteiger partial charge in [-0.1, -0.05) is 13.8 Å². The lowest BCUT2D eigenvalue weighted by atomic mass is 9.87. The number of furan rings is 2. The molecule has 2 aromatic rings. The van der Waals surface area contributed by atoms with Gasteiger partial charge in [0.15, 0.2) is 5.76 Å². The average Bonchev–Trinajstić information content (AvgIpc) is 3.33. The van der Waals surface area contributed by atoms with E-state index in [1.165, 1.54) is 0 Å². The normalized spacial score (nSPS) is 20.2. The summed E-state index contributed by atoms with van der Waals surface area (Å²) in [6.45, 7) is 10.8. The van der Waals surface area contributed by atoms with Gasteiger partial charge >= 0.3 is 0 Å². The van der Waals surface area contributed by atoms with Crippen LogP contribution < -0.4 is 0 Å². The van der Waals surface area contributed by atoms with E-state index in [1.807, 2.05) is 17.0 Å². The lowest BCUT2D eigenvalue weighted by Crippen LogP contribution is -2.42. The number of nitrogens with zero attached hydrogens (tertiary/aromatic N) is 1. The van der Waals surface area contributed by atoms with Crippen LogP contribution in [0.5, 0.6) is 0 Å². The maximum absolute atomic E-state index is 13.1. The Morgan fingerprint density at radius 2 is 1.96 bits per heavy atom. The molecule has 2 atom stereocenters. The second kappa shape index (κ2) is 8.99. The molecule has 3 rings (SSSR count). The molecule has 154 valence electrons. The minimum atomic E-state index is -0.128. The van der Waals surface area contributed by atoms with Crippen LogP contribution in [0, 0.1) is 11.8 Å². The molecule has 1 aliphatic rings. The Kier molecular flexibility index (Phi) is 6.65. The lowest BCUT2D eigenvalue weighted by Gasteiger charge is -2.38. The van der Waals surface area contributed by atoms with E-state index < -0.39 is 0 Å². The Labute approximate surface area is 168 Å². The molecule has 28 heavy (non-hydrogen) atoms. The van der Waals surface area contributed by atoms with Crippen LogP contribution in [0.1, 0.15) is 69.2 Å². The summed E-state index contributed by atoms with van der Waals surface area (Å²) in [5, 5.41) is 0. The van der Waals surface area contributed by atoms with Crippen LogP contribution in [0.25, 0.3) is 0 Å². The molecular formula is C23H33NO4. The standard InChI is InChI=1S/C23H33NO4/c1-17(2)19(20-7-5-12-26-20)9-11-24(22(25)21-8-6-13-27-21)16-18-10-14-28-23(3,4)15-18/h5-8,12-13,17-19H,9-11,14-16H2,1-4H3/t18-,19+/m1/s1. The number of rotatable bonds is 8. The van der Waals surface area contributed by atoms with Crippen LogP contribution in [-0.2, 0) is 4.74 Å². The summed E-state index contributed by atoms with van der Waals surface area (Å²) in [5.41, 5.74) is -0.128. The summed E-state index contributed by atoms with van der Waals surface area (Å²) < 4.78 is 16.9. The Morgan fingerprint density at radius 1 is 1.21 bits per heavy atom. The molecule has 5 heteroatoms. The molecule has 3 heterocycles. The number of ether oxygens (including phenoxy) is 1. The third-order valence-corrected chi connectivity index (χ3v) is 5.72. The molecule has 0 radical (unpaired) electrons. The van der Waals surface area contributed by atoms with Gasteiger partial charge in [0.1, 0.15) is 5.76 Å². The molecule has 5 nitrogen and oxygen atoms in total. The Morgan fingerprint density at radius 3 is 2.57 bits per heavy atom. The first kappa shape index (κ1) is 20.7. The highest BCUT2D eigenvalue weighted by Crippen LogP contribution is 2.31. The molecular weight excluding hydrogens is 354 g/mol. The monoisotopic (exact) mass is 387 g/mol. The fourth-order valence-corrected chi connectivity index (χ4v) is 4.26. The molecule has 0 spiro atoms. The van der Waals surface area contributed by atoms with Gasteiger partial charge in [0.2, 0.25) is 0 Å². The number of carbonyl (C=O) groups excluding carboxylic acids is 1. The van der Waals surface area contributed by atoms with Gasteiger partial charge in [0, 0.05) is 25.6 Å². The molecule has 0 bridgehead atoms. The van der Waals surface area contributed by atoms with E-state index in [0.29, 0.717) is 24.1 Å². The average molecular weight is 388 g/mol. The molecule has 1 fully saturated rings. The van der Waals surface area contributed by atoms with Gasteiger partial charge in [-0.2, -0.15) is 0 Å². The SMILES string of the molecule is CC(C)[C@H](CCN(C[C@@H]1CCOC(C)(C)C1)C(=O)c1ccco1)c1ccco1. The van der Waals surface area contributed by atoms with Crippen LogP contribution in [0.15, 0.2) is 45.6 Å². The molecule has 0 aliphatic carbocycles. The Hall–Kier alpha value is -2.01. The number of carbonyl (C=O) groups is 1. The Balaban J connectivity index is 1.71. The van der Waals surface area contributed by atoms with Crippen LogP contribution in [0.3, 0.4) is 0 Å². The predicted octanol–water partition coefficient (Wildman–Crippen LogP) is 5.35. The van der Waals surface area contributed by atoms with Crippen molar-refractivity contribution in [2.75, 3.05) is 19.7 Å². The molecule has 0 N–H and O–H groups in total. The zero-order valence-corrected chi connectivity index (χ0v) is 17.5. The van der Waals surface area contributed by atoms with Crippen molar-refractivity contribution >= 4 is 5.91 Å². The summed E-state index contributed by atoms with van der Waals surface area (Å²) in [5.74, 6) is 2.53. The van der Waals surface area contributed by atoms with Gasteiger partial charge in [-0.25, -0.2) is 0 Å². The first-order chi connectivity index (χ1) is 13.4. The lowest BCUT2D eigenvalue weighted by molar-refractivity contribution is -0.0758. The molecule has 2 aromatic heterocycles. The molecule has 0 aromatic carbocycles. The van der Waals surface area contributed by atoms with E-state index in [-0.39, 0.29) is 17.4 Å². The zero-order chi connectivity index (χ0) is 20.1. The first-order valence-corrected chi connectivity index (χ1v) is 10.4. The van der Waals surface area contributed by atoms with Crippen molar-refractivity contribution in [3.05, 3.63) is 48.3 Å². The predicted molar refractivity (Wildman–Crippen MR) is 108 cm³/mol. The van der Waals surface area contributed by atoms with E-state index in [9.17, 15) is 4.79 Å². The first-order valence-electron chi connectivity index (χ1n) is 10.4. The van der Waals surface area contributed by atoms with Crippen LogP contribution in [0.2, 0.25) is 0 Å². The highest BCUT2D eigenvalue weighted by Gasteiger charge is 2.32. The van der Waals surface area contributed by atoms with E-state index >= 15 is 0 Å². The van der Waals surface area contributed by atoms with Crippen molar-refractivity contribution in [2.45, 2.75) is 58.5 Å². The summed E-state index contributed by atoms with van der Waals surface area (Å²) >= 11 is 0. The van der Waals surface area contributed by atoms with E-state index in [2.05, 4.69) is 27.7 Å². The van der Waals surface area contributed by atoms with Gasteiger partial charge in [-0.3, -0.25) is 4.79 Å². The summed E-state index contributed by atoms with van der Waals surface area (Å²) in [4.78, 5) is 15.0. The quantitative estimate of drug-likeness (QED) is 0.613. The number of amides is 1. The van der Waals surface area contributed by atoms with E-state index in [4.69, 9.17) is 13.6 Å². The minimum absolute atomic E-state index is 0.0313. The fraction of sp³-hybridized carbons (Fsp3) is 0.609. The third kappa shape index (κ3) is 5.28. The highest BCUT2D eigenvalue weighted by molar-refractivity contribution is 5.91. The van der Waals surface area contributed by atoms with Gasteiger partial charge in [-0.05, 0) is 69.2 Å². The largest absolute Gasteiger partial charge is 0.469 e. The topological polar surface area (TPSA) is 55.8 Å². The van der Waals surface area contributed by atoms with Crippen LogP contribution >= 0.6 is 0 Å². The van der Waals surface area contributed by atoms with Gasteiger partial charge in [-0.15, -0.1) is 0 Å². The van der Waals surface area contributed by atoms with Crippen molar-refractivity contribution in [1.82, 2.24) is 4.90 Å². The summed E-state index contributed by atoms with van der Waals surface area (Å²) in [6.07, 6.45) is 6.09. The molecule has 1 saturated heterocycles. The maximum Gasteiger partial charge on any atom is 0.289 e. The number of hydrogen-bond acceptors (Lipinski definition) is 4. The summed E-state index contributed by atoms with van der Waals surface area (Å²) in [6, 6.07) is 7.48. The van der Waals surface area contributed by atoms with Crippen molar-refractivity contribution in [1.29, 1.82) is 0 Å². The van der Waals surface area contributed by atoms with Crippen LogP contribution in [0.4, 0.5) is 0 Å². The highest BCUT2D eigenvalue weighted by atomic mass is 16.5. The Bertz CT molecular complexity index is 718. The van der Waals surface area contributed by atoms with E-state index in [0.717, 1.165) is 38.2 Å². The van der Waals surface area contributed by atoms with Gasteiger partial charge in [0.05, 0.1) is 18.1 Å². The van der Waals surface area contributed by atoms with Gasteiger partial charge in [0.25, 0.3) is 5.91 Å². The zero-order valence-electron chi connectivity index (χ0n) is 17.5. The van der Waals surface area contributed by atoms with E-state index in [1.54, 1.807) is 24.7 Å². The van der Waals surface area contributed by atoms with Crippen molar-refractivity contribution in [3.63, 3.8) is 0 Å². The van der Waals surface area contributed by atoms with Gasteiger partial charge < -0.3 is 18.5 Å². The maximum atomic E-state index is 13.1. The summed E-state index contributed by atoms with van der Waals surface area (Å²) in [7, 11) is 0. The third-order valence-electron chi connectivity index (χ3n) is 5.72. The molecule has 0 saturated carbocycles. The van der Waals surface area contributed by atoms with Crippen molar-refractivity contribution in [2.24, 2.45) is 11.8 Å². The smallest absolute Gasteiger partial charge is 0.289 e. The number of hydrogen-bond donors (Lipinski definition) is 0. The minimum Gasteiger partial charge on any atom is -0.469 e. The fourth-order valence-electron chi connectivity index (χ4n) is 4.26. The molecule has 0 unspecified atom stereocenters. The van der Waals surface area contributed by atoms with Crippen molar-refractivity contribution in [3.8, 4) is 0 Å². The molecule has 1 aliphatic heterocycles. The second-order valence-corrected chi connectivity index (χ2v) is 8.85.